The number of nitrogens with one attached hydrogen (secondary N) is 2. The Labute approximate surface area is 196 Å². The molecule has 35 heavy (non-hydrogen) atoms. The Balaban J connectivity index is 0.000000363. The second-order valence-electron chi connectivity index (χ2n) is 7.63. The Morgan fingerprint density at radius 2 is 1.80 bits per heavy atom. The second-order valence-corrected chi connectivity index (χ2v) is 7.63. The summed E-state index contributed by atoms with van der Waals surface area (Å²) in [6, 6.07) is 10.3. The highest BCUT2D eigenvalue weighted by Crippen LogP contribution is 2.18. The van der Waals surface area contributed by atoms with Gasteiger partial charge in [-0.2, -0.15) is 0 Å². The topological polar surface area (TPSA) is 117 Å². The third-order valence-corrected chi connectivity index (χ3v) is 4.92. The van der Waals surface area contributed by atoms with Gasteiger partial charge >= 0.3 is 5.69 Å². The van der Waals surface area contributed by atoms with Crippen LogP contribution in [-0.4, -0.2) is 25.5 Å². The number of aromatic nitrogens is 3. The summed E-state index contributed by atoms with van der Waals surface area (Å²) in [6.07, 6.45) is 0.808. The summed E-state index contributed by atoms with van der Waals surface area (Å²) < 4.78 is 39.4. The number of carbonyl (C=O) groups is 1. The van der Waals surface area contributed by atoms with Crippen LogP contribution in [0.25, 0.3) is 10.9 Å². The van der Waals surface area contributed by atoms with E-state index in [0.717, 1.165) is 11.8 Å². The van der Waals surface area contributed by atoms with Crippen LogP contribution in [0.3, 0.4) is 0 Å². The summed E-state index contributed by atoms with van der Waals surface area (Å²) in [5.74, 6) is -3.07. The first-order chi connectivity index (χ1) is 16.6. The van der Waals surface area contributed by atoms with Crippen LogP contribution in [-0.2, 0) is 11.3 Å². The Hall–Kier alpha value is -4.41. The van der Waals surface area contributed by atoms with Gasteiger partial charge in [0.1, 0.15) is 35.1 Å². The molecule has 1 atom stereocenters. The SMILES string of the molecule is CC(NC(=O)Cn1c(=O)[nH]c2cccc(O)c2c1=O)c1ncc(F)cc1F.Cc1ccc(F)cc1. The molecule has 2 aromatic carbocycles. The molecule has 0 bridgehead atoms. The molecule has 0 aliphatic rings. The fraction of sp³-hybridized carbons (Fsp3) is 0.167. The number of carbonyl (C=O) groups excluding carboxylic acids is 1. The number of nitrogens with zero attached hydrogens (tertiary/aromatic N) is 2. The molecule has 1 unspecified atom stereocenters. The molecule has 0 aliphatic carbocycles. The molecule has 0 saturated heterocycles. The van der Waals surface area contributed by atoms with Crippen molar-refractivity contribution in [1.82, 2.24) is 19.9 Å². The van der Waals surface area contributed by atoms with Gasteiger partial charge in [-0.3, -0.25) is 19.1 Å². The number of amides is 1. The van der Waals surface area contributed by atoms with E-state index >= 15 is 0 Å². The highest BCUT2D eigenvalue weighted by molar-refractivity contribution is 5.84. The van der Waals surface area contributed by atoms with Gasteiger partial charge in [0.25, 0.3) is 5.56 Å². The predicted molar refractivity (Wildman–Crippen MR) is 122 cm³/mol. The lowest BCUT2D eigenvalue weighted by Crippen LogP contribution is -2.41. The van der Waals surface area contributed by atoms with E-state index in [0.29, 0.717) is 10.6 Å². The Morgan fingerprint density at radius 3 is 2.43 bits per heavy atom. The summed E-state index contributed by atoms with van der Waals surface area (Å²) >= 11 is 0. The molecular formula is C24H21F3N4O4. The molecule has 3 N–H and O–H groups in total. The van der Waals surface area contributed by atoms with Crippen LogP contribution in [0, 0.1) is 24.4 Å². The van der Waals surface area contributed by atoms with E-state index < -0.39 is 41.4 Å². The van der Waals surface area contributed by atoms with Crippen molar-refractivity contribution in [3.05, 3.63) is 104 Å². The molecule has 0 saturated carbocycles. The molecule has 2 aromatic heterocycles. The number of hydrogen-bond donors (Lipinski definition) is 3. The maximum absolute atomic E-state index is 13.7. The molecule has 4 rings (SSSR count). The molecule has 2 heterocycles. The van der Waals surface area contributed by atoms with Crippen LogP contribution in [0.5, 0.6) is 5.75 Å². The first kappa shape index (κ1) is 25.2. The molecule has 1 amide bonds. The standard InChI is InChI=1S/C17H14F2N4O4.C7H7F/c1-8(15-10(19)5-9(18)6-20-15)21-13(25)7-23-16(26)14-11(22-17(23)27)3-2-4-12(14)24;1-6-2-4-7(8)5-3-6/h2-6,8,24H,7H2,1H3,(H,21,25)(H,22,27);2-5H,1H3. The zero-order valence-electron chi connectivity index (χ0n) is 18.7. The number of hydrogen-bond acceptors (Lipinski definition) is 5. The van der Waals surface area contributed by atoms with Crippen molar-refractivity contribution in [3.63, 3.8) is 0 Å². The van der Waals surface area contributed by atoms with E-state index in [2.05, 4.69) is 15.3 Å². The zero-order valence-corrected chi connectivity index (χ0v) is 18.7. The van der Waals surface area contributed by atoms with Gasteiger partial charge < -0.3 is 15.4 Å². The van der Waals surface area contributed by atoms with Crippen molar-refractivity contribution < 1.29 is 23.1 Å². The number of H-pyrrole nitrogens is 1. The van der Waals surface area contributed by atoms with Crippen molar-refractivity contribution in [3.8, 4) is 5.75 Å². The average Bonchev–Trinajstić information content (AvgIpc) is 2.78. The molecule has 0 spiro atoms. The number of rotatable bonds is 4. The molecule has 0 fully saturated rings. The Kier molecular flexibility index (Phi) is 7.69. The summed E-state index contributed by atoms with van der Waals surface area (Å²) in [5.41, 5.74) is -0.658. The third-order valence-electron chi connectivity index (χ3n) is 4.92. The van der Waals surface area contributed by atoms with Gasteiger partial charge in [0.2, 0.25) is 5.91 Å². The lowest BCUT2D eigenvalue weighted by atomic mass is 10.2. The van der Waals surface area contributed by atoms with Gasteiger partial charge in [0.15, 0.2) is 0 Å². The lowest BCUT2D eigenvalue weighted by Gasteiger charge is -2.14. The number of fused-ring (bicyclic) bond motifs is 1. The monoisotopic (exact) mass is 486 g/mol. The maximum atomic E-state index is 13.7. The van der Waals surface area contributed by atoms with Crippen LogP contribution in [0.4, 0.5) is 13.2 Å². The van der Waals surface area contributed by atoms with Crippen molar-refractivity contribution in [1.29, 1.82) is 0 Å². The normalized spacial score (nSPS) is 11.5. The highest BCUT2D eigenvalue weighted by atomic mass is 19.1. The minimum atomic E-state index is -0.937. The fourth-order valence-electron chi connectivity index (χ4n) is 3.20. The van der Waals surface area contributed by atoms with E-state index in [9.17, 15) is 32.7 Å². The van der Waals surface area contributed by atoms with Gasteiger partial charge in [0, 0.05) is 6.07 Å². The molecule has 4 aromatic rings. The number of benzene rings is 2. The van der Waals surface area contributed by atoms with Gasteiger partial charge in [0.05, 0.1) is 23.4 Å². The first-order valence-corrected chi connectivity index (χ1v) is 10.3. The second kappa shape index (κ2) is 10.7. The number of halogens is 3. The summed E-state index contributed by atoms with van der Waals surface area (Å²) in [7, 11) is 0. The lowest BCUT2D eigenvalue weighted by molar-refractivity contribution is -0.122. The van der Waals surface area contributed by atoms with E-state index in [1.165, 1.54) is 37.3 Å². The van der Waals surface area contributed by atoms with Gasteiger partial charge in [-0.1, -0.05) is 23.8 Å². The Bertz CT molecular complexity index is 1460. The molecule has 11 heteroatoms. The smallest absolute Gasteiger partial charge is 0.329 e. The highest BCUT2D eigenvalue weighted by Gasteiger charge is 2.18. The zero-order chi connectivity index (χ0) is 25.7. The van der Waals surface area contributed by atoms with Crippen molar-refractivity contribution >= 4 is 16.8 Å². The van der Waals surface area contributed by atoms with Crippen molar-refractivity contribution in [2.24, 2.45) is 0 Å². The average molecular weight is 486 g/mol. The molecule has 8 nitrogen and oxygen atoms in total. The van der Waals surface area contributed by atoms with Crippen LogP contribution in [0.2, 0.25) is 0 Å². The fourth-order valence-corrected chi connectivity index (χ4v) is 3.20. The van der Waals surface area contributed by atoms with Crippen LogP contribution < -0.4 is 16.6 Å². The first-order valence-electron chi connectivity index (χ1n) is 10.3. The summed E-state index contributed by atoms with van der Waals surface area (Å²) in [4.78, 5) is 42.7. The number of aromatic hydroxyl groups is 1. The van der Waals surface area contributed by atoms with E-state index in [-0.39, 0.29) is 28.2 Å². The number of phenolic OH excluding ortho intramolecular Hbond substituents is 1. The van der Waals surface area contributed by atoms with Gasteiger partial charge in [-0.25, -0.2) is 18.0 Å². The number of aryl methyl sites for hydroxylation is 1. The Morgan fingerprint density at radius 1 is 1.11 bits per heavy atom. The third kappa shape index (κ3) is 6.14. The maximum Gasteiger partial charge on any atom is 0.329 e. The van der Waals surface area contributed by atoms with Crippen LogP contribution >= 0.6 is 0 Å². The van der Waals surface area contributed by atoms with Crippen molar-refractivity contribution in [2.45, 2.75) is 26.4 Å². The predicted octanol–water partition coefficient (Wildman–Crippen LogP) is 3.08. The van der Waals surface area contributed by atoms with Crippen LogP contribution in [0.1, 0.15) is 24.2 Å². The molecule has 0 radical (unpaired) electrons. The molecule has 0 aliphatic heterocycles. The summed E-state index contributed by atoms with van der Waals surface area (Å²) in [6.45, 7) is 2.69. The van der Waals surface area contributed by atoms with Gasteiger partial charge in [-0.05, 0) is 38.1 Å². The van der Waals surface area contributed by atoms with E-state index in [4.69, 9.17) is 0 Å². The summed E-state index contributed by atoms with van der Waals surface area (Å²) in [5, 5.41) is 12.1. The van der Waals surface area contributed by atoms with Crippen molar-refractivity contribution in [2.75, 3.05) is 0 Å². The number of pyridine rings is 1. The molecule has 182 valence electrons. The minimum Gasteiger partial charge on any atom is -0.507 e. The number of aromatic amines is 1. The van der Waals surface area contributed by atoms with E-state index in [1.54, 1.807) is 12.1 Å². The van der Waals surface area contributed by atoms with Crippen LogP contribution in [0.15, 0.2) is 64.3 Å². The number of phenols is 1. The minimum absolute atomic E-state index is 0.132. The quantitative estimate of drug-likeness (QED) is 0.410. The largest absolute Gasteiger partial charge is 0.507 e. The van der Waals surface area contributed by atoms with E-state index in [1.807, 2.05) is 6.92 Å². The molecular weight excluding hydrogens is 465 g/mol. The van der Waals surface area contributed by atoms with Gasteiger partial charge in [-0.15, -0.1) is 0 Å².